The average molecular weight is 206 g/mol. The van der Waals surface area contributed by atoms with E-state index in [-0.39, 0.29) is 5.82 Å². The lowest BCUT2D eigenvalue weighted by Gasteiger charge is -2.00. The van der Waals surface area contributed by atoms with Crippen LogP contribution >= 0.6 is 0 Å². The van der Waals surface area contributed by atoms with Crippen molar-refractivity contribution in [2.75, 3.05) is 0 Å². The molecular formula is C11H11FN2O. The van der Waals surface area contributed by atoms with E-state index in [9.17, 15) is 4.39 Å². The quantitative estimate of drug-likeness (QED) is 0.819. The van der Waals surface area contributed by atoms with Crippen LogP contribution in [-0.2, 0) is 6.54 Å². The first-order valence-electron chi connectivity index (χ1n) is 4.61. The summed E-state index contributed by atoms with van der Waals surface area (Å²) in [7, 11) is 0. The van der Waals surface area contributed by atoms with Crippen LogP contribution in [0.25, 0.3) is 11.5 Å². The van der Waals surface area contributed by atoms with Gasteiger partial charge in [-0.1, -0.05) is 6.07 Å². The molecule has 0 bridgehead atoms. The summed E-state index contributed by atoms with van der Waals surface area (Å²) in [4.78, 5) is 4.14. The Morgan fingerprint density at radius 1 is 1.47 bits per heavy atom. The smallest absolute Gasteiger partial charge is 0.226 e. The molecule has 0 aliphatic heterocycles. The maximum Gasteiger partial charge on any atom is 0.226 e. The number of rotatable bonds is 2. The Balaban J connectivity index is 2.48. The van der Waals surface area contributed by atoms with Crippen LogP contribution in [0.4, 0.5) is 4.39 Å². The predicted octanol–water partition coefficient (Wildman–Crippen LogP) is 2.25. The number of aryl methyl sites for hydroxylation is 1. The summed E-state index contributed by atoms with van der Waals surface area (Å²) in [5.74, 6) is 0.107. The second-order valence-corrected chi connectivity index (χ2v) is 3.31. The standard InChI is InChI=1S/C11H11FN2O/c1-7-2-3-8(12)4-10(7)11-14-9(5-13)6-15-11/h2-4,6H,5,13H2,1H3. The highest BCUT2D eigenvalue weighted by Crippen LogP contribution is 2.23. The van der Waals surface area contributed by atoms with Gasteiger partial charge in [0.15, 0.2) is 0 Å². The van der Waals surface area contributed by atoms with E-state index >= 15 is 0 Å². The molecule has 1 aromatic carbocycles. The molecule has 0 fully saturated rings. The van der Waals surface area contributed by atoms with E-state index in [0.29, 0.717) is 23.7 Å². The molecule has 2 aromatic rings. The largest absolute Gasteiger partial charge is 0.444 e. The van der Waals surface area contributed by atoms with E-state index in [1.807, 2.05) is 6.92 Å². The molecule has 0 unspecified atom stereocenters. The van der Waals surface area contributed by atoms with Gasteiger partial charge in [0.25, 0.3) is 0 Å². The summed E-state index contributed by atoms with van der Waals surface area (Å²) in [6.45, 7) is 2.19. The Labute approximate surface area is 86.7 Å². The van der Waals surface area contributed by atoms with Crippen LogP contribution < -0.4 is 5.73 Å². The van der Waals surface area contributed by atoms with Crippen molar-refractivity contribution in [2.45, 2.75) is 13.5 Å². The van der Waals surface area contributed by atoms with Gasteiger partial charge >= 0.3 is 0 Å². The number of nitrogens with zero attached hydrogens (tertiary/aromatic N) is 1. The number of nitrogens with two attached hydrogens (primary N) is 1. The Morgan fingerprint density at radius 3 is 2.93 bits per heavy atom. The van der Waals surface area contributed by atoms with Gasteiger partial charge in [0.2, 0.25) is 5.89 Å². The normalized spacial score (nSPS) is 10.6. The molecule has 2 N–H and O–H groups in total. The lowest BCUT2D eigenvalue weighted by Crippen LogP contribution is -1.96. The summed E-state index contributed by atoms with van der Waals surface area (Å²) < 4.78 is 18.2. The maximum absolute atomic E-state index is 13.0. The second kappa shape index (κ2) is 3.82. The maximum atomic E-state index is 13.0. The monoisotopic (exact) mass is 206 g/mol. The Bertz CT molecular complexity index is 479. The lowest BCUT2D eigenvalue weighted by atomic mass is 10.1. The van der Waals surface area contributed by atoms with E-state index in [1.165, 1.54) is 18.4 Å². The Kier molecular flexibility index (Phi) is 2.51. The van der Waals surface area contributed by atoms with Crippen molar-refractivity contribution in [1.29, 1.82) is 0 Å². The fourth-order valence-electron chi connectivity index (χ4n) is 1.35. The summed E-state index contributed by atoms with van der Waals surface area (Å²) in [5.41, 5.74) is 7.65. The minimum atomic E-state index is -0.303. The molecule has 0 saturated heterocycles. The lowest BCUT2D eigenvalue weighted by molar-refractivity contribution is 0.570. The molecule has 0 spiro atoms. The Morgan fingerprint density at radius 2 is 2.27 bits per heavy atom. The molecule has 0 saturated carbocycles. The van der Waals surface area contributed by atoms with Crippen molar-refractivity contribution in [2.24, 2.45) is 5.73 Å². The van der Waals surface area contributed by atoms with Gasteiger partial charge in [-0.15, -0.1) is 0 Å². The summed E-state index contributed by atoms with van der Waals surface area (Å²) in [5, 5.41) is 0. The molecule has 2 rings (SSSR count). The summed E-state index contributed by atoms with van der Waals surface area (Å²) >= 11 is 0. The van der Waals surface area contributed by atoms with Crippen LogP contribution in [0.3, 0.4) is 0 Å². The topological polar surface area (TPSA) is 52.0 Å². The zero-order chi connectivity index (χ0) is 10.8. The van der Waals surface area contributed by atoms with Crippen LogP contribution in [0.1, 0.15) is 11.3 Å². The third-order valence-electron chi connectivity index (χ3n) is 2.19. The van der Waals surface area contributed by atoms with Gasteiger partial charge in [-0.05, 0) is 24.6 Å². The van der Waals surface area contributed by atoms with Crippen molar-refractivity contribution in [3.8, 4) is 11.5 Å². The molecule has 0 atom stereocenters. The highest BCUT2D eigenvalue weighted by molar-refractivity contribution is 5.58. The van der Waals surface area contributed by atoms with Crippen LogP contribution in [-0.4, -0.2) is 4.98 Å². The van der Waals surface area contributed by atoms with Crippen LogP contribution in [0.2, 0.25) is 0 Å². The summed E-state index contributed by atoms with van der Waals surface area (Å²) in [6, 6.07) is 4.50. The van der Waals surface area contributed by atoms with Crippen molar-refractivity contribution in [1.82, 2.24) is 4.98 Å². The van der Waals surface area contributed by atoms with E-state index in [2.05, 4.69) is 4.98 Å². The third-order valence-corrected chi connectivity index (χ3v) is 2.19. The zero-order valence-corrected chi connectivity index (χ0v) is 8.33. The van der Waals surface area contributed by atoms with Crippen molar-refractivity contribution in [3.05, 3.63) is 41.5 Å². The van der Waals surface area contributed by atoms with E-state index in [0.717, 1.165) is 5.56 Å². The first kappa shape index (κ1) is 9.86. The molecule has 0 amide bonds. The molecular weight excluding hydrogens is 195 g/mol. The highest BCUT2D eigenvalue weighted by atomic mass is 19.1. The van der Waals surface area contributed by atoms with E-state index in [1.54, 1.807) is 6.07 Å². The molecule has 1 aromatic heterocycles. The number of hydrogen-bond donors (Lipinski definition) is 1. The predicted molar refractivity (Wildman–Crippen MR) is 54.5 cm³/mol. The van der Waals surface area contributed by atoms with Gasteiger partial charge in [0, 0.05) is 12.1 Å². The Hall–Kier alpha value is -1.68. The molecule has 0 aliphatic rings. The van der Waals surface area contributed by atoms with Crippen molar-refractivity contribution >= 4 is 0 Å². The average Bonchev–Trinajstić information content (AvgIpc) is 2.70. The van der Waals surface area contributed by atoms with Gasteiger partial charge in [0.1, 0.15) is 12.1 Å². The SMILES string of the molecule is Cc1ccc(F)cc1-c1nc(CN)co1. The number of aromatic nitrogens is 1. The minimum Gasteiger partial charge on any atom is -0.444 e. The molecule has 78 valence electrons. The first-order chi connectivity index (χ1) is 7.20. The fourth-order valence-corrected chi connectivity index (χ4v) is 1.35. The second-order valence-electron chi connectivity index (χ2n) is 3.31. The van der Waals surface area contributed by atoms with Crippen molar-refractivity contribution < 1.29 is 8.81 Å². The number of oxazole rings is 1. The van der Waals surface area contributed by atoms with Gasteiger partial charge in [-0.25, -0.2) is 9.37 Å². The van der Waals surface area contributed by atoms with Crippen molar-refractivity contribution in [3.63, 3.8) is 0 Å². The minimum absolute atomic E-state index is 0.303. The third kappa shape index (κ3) is 1.89. The van der Waals surface area contributed by atoms with E-state index in [4.69, 9.17) is 10.2 Å². The van der Waals surface area contributed by atoms with Gasteiger partial charge < -0.3 is 10.2 Å². The summed E-state index contributed by atoms with van der Waals surface area (Å²) in [6.07, 6.45) is 1.49. The van der Waals surface area contributed by atoms with Gasteiger partial charge in [0.05, 0.1) is 5.69 Å². The molecule has 0 aliphatic carbocycles. The fraction of sp³-hybridized carbons (Fsp3) is 0.182. The zero-order valence-electron chi connectivity index (χ0n) is 8.33. The van der Waals surface area contributed by atoms with Crippen LogP contribution in [0, 0.1) is 12.7 Å². The van der Waals surface area contributed by atoms with Gasteiger partial charge in [-0.3, -0.25) is 0 Å². The molecule has 15 heavy (non-hydrogen) atoms. The number of hydrogen-bond acceptors (Lipinski definition) is 3. The van der Waals surface area contributed by atoms with Gasteiger partial charge in [-0.2, -0.15) is 0 Å². The van der Waals surface area contributed by atoms with Crippen LogP contribution in [0.15, 0.2) is 28.9 Å². The number of halogens is 1. The van der Waals surface area contributed by atoms with E-state index < -0.39 is 0 Å². The molecule has 4 heteroatoms. The molecule has 0 radical (unpaired) electrons. The van der Waals surface area contributed by atoms with Crippen LogP contribution in [0.5, 0.6) is 0 Å². The molecule has 3 nitrogen and oxygen atoms in total. The first-order valence-corrected chi connectivity index (χ1v) is 4.61. The number of benzene rings is 1. The molecule has 1 heterocycles. The highest BCUT2D eigenvalue weighted by Gasteiger charge is 2.09.